The van der Waals surface area contributed by atoms with E-state index < -0.39 is 0 Å². The second-order valence-corrected chi connectivity index (χ2v) is 5.46. The van der Waals surface area contributed by atoms with E-state index in [9.17, 15) is 4.79 Å². The van der Waals surface area contributed by atoms with Crippen molar-refractivity contribution in [1.82, 2.24) is 4.98 Å². The summed E-state index contributed by atoms with van der Waals surface area (Å²) in [6.45, 7) is 8.64. The Bertz CT molecular complexity index is 666. The highest BCUT2D eigenvalue weighted by molar-refractivity contribution is 6.05. The van der Waals surface area contributed by atoms with Crippen molar-refractivity contribution < 1.29 is 9.53 Å². The van der Waals surface area contributed by atoms with E-state index in [1.165, 1.54) is 0 Å². The molecule has 0 aliphatic carbocycles. The monoisotopic (exact) mass is 298 g/mol. The Morgan fingerprint density at radius 3 is 2.77 bits per heavy atom. The third kappa shape index (κ3) is 3.64. The third-order valence-electron chi connectivity index (χ3n) is 3.45. The Balaban J connectivity index is 2.28. The lowest BCUT2D eigenvalue weighted by molar-refractivity contribution is 0.102. The smallest absolute Gasteiger partial charge is 0.255 e. The van der Waals surface area contributed by atoms with Gasteiger partial charge in [0.2, 0.25) is 5.88 Å². The number of para-hydroxylation sites is 1. The summed E-state index contributed by atoms with van der Waals surface area (Å²) in [7, 11) is 0. The average Bonchev–Trinajstić information content (AvgIpc) is 2.49. The number of aryl methyl sites for hydroxylation is 1. The van der Waals surface area contributed by atoms with Crippen LogP contribution in [-0.2, 0) is 0 Å². The molecule has 1 N–H and O–H groups in total. The molecule has 1 aromatic carbocycles. The molecule has 0 atom stereocenters. The number of carbonyl (C=O) groups excluding carboxylic acids is 1. The van der Waals surface area contributed by atoms with E-state index in [0.29, 0.717) is 24.0 Å². The minimum Gasteiger partial charge on any atom is -0.478 e. The van der Waals surface area contributed by atoms with Crippen LogP contribution in [0.15, 0.2) is 36.5 Å². The van der Waals surface area contributed by atoms with Crippen molar-refractivity contribution in [3.63, 3.8) is 0 Å². The van der Waals surface area contributed by atoms with Gasteiger partial charge in [0, 0.05) is 23.5 Å². The van der Waals surface area contributed by atoms with Gasteiger partial charge in [-0.1, -0.05) is 32.0 Å². The van der Waals surface area contributed by atoms with E-state index in [1.807, 2.05) is 32.0 Å². The number of hydrogen-bond donors (Lipinski definition) is 1. The number of anilines is 1. The summed E-state index contributed by atoms with van der Waals surface area (Å²) in [5, 5.41) is 3.02. The molecule has 2 rings (SSSR count). The highest BCUT2D eigenvalue weighted by Crippen LogP contribution is 2.28. The second-order valence-electron chi connectivity index (χ2n) is 5.46. The Morgan fingerprint density at radius 2 is 2.09 bits per heavy atom. The van der Waals surface area contributed by atoms with Gasteiger partial charge < -0.3 is 10.1 Å². The first-order chi connectivity index (χ1) is 10.5. The van der Waals surface area contributed by atoms with Crippen LogP contribution in [0.3, 0.4) is 0 Å². The zero-order chi connectivity index (χ0) is 16.1. The summed E-state index contributed by atoms with van der Waals surface area (Å²) in [5.74, 6) is 0.648. The quantitative estimate of drug-likeness (QED) is 0.901. The number of nitrogens with one attached hydrogen (secondary N) is 1. The fraction of sp³-hybridized carbons (Fsp3) is 0.333. The number of ether oxygens (including phenoxy) is 1. The van der Waals surface area contributed by atoms with Crippen LogP contribution in [-0.4, -0.2) is 17.5 Å². The molecule has 1 amide bonds. The van der Waals surface area contributed by atoms with Crippen molar-refractivity contribution >= 4 is 11.6 Å². The highest BCUT2D eigenvalue weighted by atomic mass is 16.5. The van der Waals surface area contributed by atoms with Crippen molar-refractivity contribution in [1.29, 1.82) is 0 Å². The number of aromatic nitrogens is 1. The largest absolute Gasteiger partial charge is 0.478 e. The van der Waals surface area contributed by atoms with Gasteiger partial charge in [-0.05, 0) is 37.0 Å². The molecule has 0 aliphatic heterocycles. The van der Waals surface area contributed by atoms with Gasteiger partial charge in [0.25, 0.3) is 5.91 Å². The lowest BCUT2D eigenvalue weighted by Gasteiger charge is -2.16. The molecule has 22 heavy (non-hydrogen) atoms. The van der Waals surface area contributed by atoms with Crippen LogP contribution in [0.2, 0.25) is 0 Å². The molecule has 0 bridgehead atoms. The van der Waals surface area contributed by atoms with Gasteiger partial charge in [0.05, 0.1) is 6.61 Å². The van der Waals surface area contributed by atoms with Crippen molar-refractivity contribution in [2.45, 2.75) is 33.6 Å². The normalized spacial score (nSPS) is 10.6. The Hall–Kier alpha value is -2.36. The SMILES string of the molecule is CCOc1cc(C(=O)Nc2c(C)cccc2C(C)C)ccn1. The number of nitrogens with zero attached hydrogens (tertiary/aromatic N) is 1. The molecule has 0 radical (unpaired) electrons. The minimum atomic E-state index is -0.153. The van der Waals surface area contributed by atoms with E-state index in [2.05, 4.69) is 24.1 Å². The number of hydrogen-bond acceptors (Lipinski definition) is 3. The summed E-state index contributed by atoms with van der Waals surface area (Å²) in [4.78, 5) is 16.6. The molecule has 4 nitrogen and oxygen atoms in total. The summed E-state index contributed by atoms with van der Waals surface area (Å²) < 4.78 is 5.34. The summed E-state index contributed by atoms with van der Waals surface area (Å²) in [6, 6.07) is 9.41. The number of amides is 1. The first kappa shape index (κ1) is 16.0. The predicted octanol–water partition coefficient (Wildman–Crippen LogP) is 4.16. The van der Waals surface area contributed by atoms with Crippen LogP contribution in [0.4, 0.5) is 5.69 Å². The Kier molecular flexibility index (Phi) is 5.15. The fourth-order valence-corrected chi connectivity index (χ4v) is 2.31. The Labute approximate surface area is 131 Å². The van der Waals surface area contributed by atoms with Gasteiger partial charge in [0.15, 0.2) is 0 Å². The molecule has 1 heterocycles. The maximum absolute atomic E-state index is 12.5. The van der Waals surface area contributed by atoms with E-state index >= 15 is 0 Å². The van der Waals surface area contributed by atoms with Crippen molar-refractivity contribution in [2.24, 2.45) is 0 Å². The first-order valence-electron chi connectivity index (χ1n) is 7.52. The number of carbonyl (C=O) groups is 1. The molecular formula is C18H22N2O2. The third-order valence-corrected chi connectivity index (χ3v) is 3.45. The fourth-order valence-electron chi connectivity index (χ4n) is 2.31. The standard InChI is InChI=1S/C18H22N2O2/c1-5-22-16-11-14(9-10-19-16)18(21)20-17-13(4)7-6-8-15(17)12(2)3/h6-12H,5H2,1-4H3,(H,20,21). The van der Waals surface area contributed by atoms with Crippen molar-refractivity contribution in [3.8, 4) is 5.88 Å². The van der Waals surface area contributed by atoms with Gasteiger partial charge in [-0.25, -0.2) is 4.98 Å². The molecule has 1 aromatic heterocycles. The molecule has 116 valence electrons. The molecular weight excluding hydrogens is 276 g/mol. The van der Waals surface area contributed by atoms with Gasteiger partial charge in [-0.2, -0.15) is 0 Å². The molecule has 4 heteroatoms. The molecule has 0 aliphatic rings. The zero-order valence-electron chi connectivity index (χ0n) is 13.5. The molecule has 0 spiro atoms. The predicted molar refractivity (Wildman–Crippen MR) is 88.6 cm³/mol. The zero-order valence-corrected chi connectivity index (χ0v) is 13.5. The summed E-state index contributed by atoms with van der Waals surface area (Å²) >= 11 is 0. The highest BCUT2D eigenvalue weighted by Gasteiger charge is 2.14. The van der Waals surface area contributed by atoms with Crippen LogP contribution >= 0.6 is 0 Å². The summed E-state index contributed by atoms with van der Waals surface area (Å²) in [5.41, 5.74) is 3.61. The van der Waals surface area contributed by atoms with Crippen molar-refractivity contribution in [2.75, 3.05) is 11.9 Å². The van der Waals surface area contributed by atoms with Gasteiger partial charge in [-0.15, -0.1) is 0 Å². The number of pyridine rings is 1. The van der Waals surface area contributed by atoms with Gasteiger partial charge in [-0.3, -0.25) is 4.79 Å². The number of benzene rings is 1. The lowest BCUT2D eigenvalue weighted by Crippen LogP contribution is -2.15. The first-order valence-corrected chi connectivity index (χ1v) is 7.52. The lowest BCUT2D eigenvalue weighted by atomic mass is 9.98. The van der Waals surface area contributed by atoms with Gasteiger partial charge >= 0.3 is 0 Å². The summed E-state index contributed by atoms with van der Waals surface area (Å²) in [6.07, 6.45) is 1.58. The maximum Gasteiger partial charge on any atom is 0.255 e. The van der Waals surface area contributed by atoms with Crippen LogP contribution < -0.4 is 10.1 Å². The average molecular weight is 298 g/mol. The molecule has 0 fully saturated rings. The minimum absolute atomic E-state index is 0.153. The molecule has 2 aromatic rings. The van der Waals surface area contributed by atoms with E-state index in [0.717, 1.165) is 16.8 Å². The van der Waals surface area contributed by atoms with E-state index in [4.69, 9.17) is 4.74 Å². The van der Waals surface area contributed by atoms with Crippen LogP contribution in [0.5, 0.6) is 5.88 Å². The second kappa shape index (κ2) is 7.07. The van der Waals surface area contributed by atoms with E-state index in [1.54, 1.807) is 18.3 Å². The maximum atomic E-state index is 12.5. The number of rotatable bonds is 5. The van der Waals surface area contributed by atoms with Crippen LogP contribution in [0.25, 0.3) is 0 Å². The van der Waals surface area contributed by atoms with Crippen LogP contribution in [0, 0.1) is 6.92 Å². The van der Waals surface area contributed by atoms with Gasteiger partial charge in [0.1, 0.15) is 0 Å². The molecule has 0 saturated heterocycles. The van der Waals surface area contributed by atoms with Crippen LogP contribution in [0.1, 0.15) is 48.2 Å². The molecule has 0 unspecified atom stereocenters. The topological polar surface area (TPSA) is 51.2 Å². The Morgan fingerprint density at radius 1 is 1.32 bits per heavy atom. The molecule has 0 saturated carbocycles. The van der Waals surface area contributed by atoms with Crippen molar-refractivity contribution in [3.05, 3.63) is 53.2 Å². The van der Waals surface area contributed by atoms with E-state index in [-0.39, 0.29) is 5.91 Å².